The first-order valence-electron chi connectivity index (χ1n) is 8.94. The van der Waals surface area contributed by atoms with Gasteiger partial charge in [0, 0.05) is 19.6 Å². The highest BCUT2D eigenvalue weighted by Gasteiger charge is 2.30. The van der Waals surface area contributed by atoms with E-state index in [9.17, 15) is 18.4 Å². The van der Waals surface area contributed by atoms with Crippen molar-refractivity contribution in [3.8, 4) is 0 Å². The van der Waals surface area contributed by atoms with Crippen LogP contribution >= 0.6 is 0 Å². The van der Waals surface area contributed by atoms with E-state index in [0.29, 0.717) is 43.5 Å². The number of likely N-dealkylation sites (tertiary alicyclic amines) is 1. The number of rotatable bonds is 5. The van der Waals surface area contributed by atoms with Crippen LogP contribution in [0.2, 0.25) is 0 Å². The molecule has 26 heavy (non-hydrogen) atoms. The smallest absolute Gasteiger partial charge is 0.406 e. The van der Waals surface area contributed by atoms with Gasteiger partial charge >= 0.3 is 6.09 Å². The zero-order valence-corrected chi connectivity index (χ0v) is 15.5. The molecule has 1 aliphatic rings. The number of methoxy groups -OCH3 is 1. The lowest BCUT2D eigenvalue weighted by molar-refractivity contribution is -0.136. The molecular formula is C19H26F2N2O3. The Labute approximate surface area is 152 Å². The number of aryl methyl sites for hydroxylation is 1. The van der Waals surface area contributed by atoms with Gasteiger partial charge in [-0.15, -0.1) is 0 Å². The summed E-state index contributed by atoms with van der Waals surface area (Å²) in [5, 5.41) is 2.56. The van der Waals surface area contributed by atoms with Crippen molar-refractivity contribution in [2.45, 2.75) is 39.0 Å². The molecule has 1 aromatic carbocycles. The number of piperidine rings is 1. The Bertz CT molecular complexity index is 658. The molecule has 2 rings (SSSR count). The van der Waals surface area contributed by atoms with Gasteiger partial charge in [0.05, 0.1) is 13.0 Å². The number of carbonyl (C=O) groups excluding carboxylic acids is 2. The van der Waals surface area contributed by atoms with Crippen LogP contribution in [0.5, 0.6) is 0 Å². The van der Waals surface area contributed by atoms with Gasteiger partial charge in [-0.2, -0.15) is 0 Å². The number of carbonyl (C=O) groups is 2. The Morgan fingerprint density at radius 2 is 1.92 bits per heavy atom. The van der Waals surface area contributed by atoms with Crippen molar-refractivity contribution in [3.63, 3.8) is 0 Å². The van der Waals surface area contributed by atoms with E-state index in [4.69, 9.17) is 0 Å². The minimum absolute atomic E-state index is 0.0297. The third kappa shape index (κ3) is 4.51. The van der Waals surface area contributed by atoms with Crippen LogP contribution in [0.1, 0.15) is 43.2 Å². The molecule has 0 bridgehead atoms. The predicted molar refractivity (Wildman–Crippen MR) is 93.8 cm³/mol. The highest BCUT2D eigenvalue weighted by Crippen LogP contribution is 2.32. The Hall–Kier alpha value is -2.18. The van der Waals surface area contributed by atoms with E-state index in [0.717, 1.165) is 0 Å². The van der Waals surface area contributed by atoms with Crippen molar-refractivity contribution in [1.29, 1.82) is 0 Å². The Morgan fingerprint density at radius 1 is 1.27 bits per heavy atom. The fourth-order valence-corrected chi connectivity index (χ4v) is 3.33. The molecular weight excluding hydrogens is 342 g/mol. The first-order valence-corrected chi connectivity index (χ1v) is 8.94. The minimum atomic E-state index is -0.791. The van der Waals surface area contributed by atoms with Gasteiger partial charge in [-0.05, 0) is 43.2 Å². The lowest BCUT2D eigenvalue weighted by Crippen LogP contribution is -2.44. The number of amides is 2. The number of nitrogens with zero attached hydrogens (tertiary/aromatic N) is 1. The molecule has 0 aromatic heterocycles. The molecule has 2 amide bonds. The summed E-state index contributed by atoms with van der Waals surface area (Å²) >= 11 is 0. The van der Waals surface area contributed by atoms with Gasteiger partial charge in [0.1, 0.15) is 0 Å². The van der Waals surface area contributed by atoms with Crippen molar-refractivity contribution < 1.29 is 23.1 Å². The van der Waals surface area contributed by atoms with Gasteiger partial charge in [0.25, 0.3) is 0 Å². The molecule has 0 radical (unpaired) electrons. The summed E-state index contributed by atoms with van der Waals surface area (Å²) in [7, 11) is 1.27. The second kappa shape index (κ2) is 8.96. The average molecular weight is 368 g/mol. The number of hydrogen-bond acceptors (Lipinski definition) is 3. The van der Waals surface area contributed by atoms with Crippen LogP contribution in [-0.4, -0.2) is 43.6 Å². The van der Waals surface area contributed by atoms with Crippen molar-refractivity contribution >= 4 is 12.0 Å². The Morgan fingerprint density at radius 3 is 2.50 bits per heavy atom. The number of ether oxygens (including phenoxy) is 1. The quantitative estimate of drug-likeness (QED) is 0.867. The van der Waals surface area contributed by atoms with E-state index in [2.05, 4.69) is 10.1 Å². The second-order valence-corrected chi connectivity index (χ2v) is 6.68. The van der Waals surface area contributed by atoms with E-state index >= 15 is 0 Å². The van der Waals surface area contributed by atoms with Crippen molar-refractivity contribution in [2.24, 2.45) is 5.92 Å². The lowest BCUT2D eigenvalue weighted by atomic mass is 9.88. The van der Waals surface area contributed by atoms with Crippen LogP contribution in [0.15, 0.2) is 12.1 Å². The number of hydrogen-bond donors (Lipinski definition) is 1. The maximum atomic E-state index is 14.2. The van der Waals surface area contributed by atoms with E-state index in [-0.39, 0.29) is 24.3 Å². The summed E-state index contributed by atoms with van der Waals surface area (Å²) in [4.78, 5) is 25.6. The summed E-state index contributed by atoms with van der Waals surface area (Å²) in [5.74, 6) is -2.01. The minimum Gasteiger partial charge on any atom is -0.453 e. The van der Waals surface area contributed by atoms with E-state index < -0.39 is 17.7 Å². The van der Waals surface area contributed by atoms with Gasteiger partial charge in [-0.1, -0.05) is 19.1 Å². The predicted octanol–water partition coefficient (Wildman–Crippen LogP) is 3.36. The highest BCUT2D eigenvalue weighted by molar-refractivity contribution is 5.80. The van der Waals surface area contributed by atoms with Crippen LogP contribution in [0.3, 0.4) is 0 Å². The first-order chi connectivity index (χ1) is 12.4. The number of benzene rings is 1. The van der Waals surface area contributed by atoms with Gasteiger partial charge in [0.2, 0.25) is 5.91 Å². The SMILES string of the molecule is CCC(CNC(=O)OC)C(=O)N1CCC(c2ccc(C)c(F)c2F)CC1. The van der Waals surface area contributed by atoms with Crippen LogP contribution in [0, 0.1) is 24.5 Å². The summed E-state index contributed by atoms with van der Waals surface area (Å²) in [6, 6.07) is 3.24. The summed E-state index contributed by atoms with van der Waals surface area (Å²) in [6.45, 7) is 4.63. The zero-order chi connectivity index (χ0) is 19.3. The van der Waals surface area contributed by atoms with Gasteiger partial charge in [-0.3, -0.25) is 4.79 Å². The molecule has 1 aliphatic heterocycles. The fourth-order valence-electron chi connectivity index (χ4n) is 3.33. The molecule has 1 aromatic rings. The number of alkyl carbamates (subject to hydrolysis) is 1. The van der Waals surface area contributed by atoms with Gasteiger partial charge in [0.15, 0.2) is 11.6 Å². The molecule has 1 atom stereocenters. The Balaban J connectivity index is 1.95. The van der Waals surface area contributed by atoms with E-state index in [1.165, 1.54) is 14.0 Å². The van der Waals surface area contributed by atoms with Gasteiger partial charge in [-0.25, -0.2) is 13.6 Å². The maximum Gasteiger partial charge on any atom is 0.406 e. The third-order valence-electron chi connectivity index (χ3n) is 5.07. The topological polar surface area (TPSA) is 58.6 Å². The number of halogens is 2. The molecule has 1 fully saturated rings. The average Bonchev–Trinajstić information content (AvgIpc) is 2.66. The molecule has 1 unspecified atom stereocenters. The van der Waals surface area contributed by atoms with Crippen LogP contribution in [-0.2, 0) is 9.53 Å². The summed E-state index contributed by atoms with van der Waals surface area (Å²) < 4.78 is 32.5. The lowest BCUT2D eigenvalue weighted by Gasteiger charge is -2.34. The molecule has 1 saturated heterocycles. The molecule has 144 valence electrons. The molecule has 0 saturated carbocycles. The highest BCUT2D eigenvalue weighted by atomic mass is 19.2. The molecule has 5 nitrogen and oxygen atoms in total. The van der Waals surface area contributed by atoms with E-state index in [1.54, 1.807) is 17.0 Å². The number of nitrogens with one attached hydrogen (secondary N) is 1. The van der Waals surface area contributed by atoms with Gasteiger partial charge < -0.3 is 15.0 Å². The molecule has 7 heteroatoms. The van der Waals surface area contributed by atoms with Crippen molar-refractivity contribution in [1.82, 2.24) is 10.2 Å². The van der Waals surface area contributed by atoms with E-state index in [1.807, 2.05) is 6.92 Å². The first kappa shape index (κ1) is 20.1. The Kier molecular flexibility index (Phi) is 6.94. The fraction of sp³-hybridized carbons (Fsp3) is 0.579. The summed E-state index contributed by atoms with van der Waals surface area (Å²) in [5.41, 5.74) is 0.683. The molecule has 1 N–H and O–H groups in total. The summed E-state index contributed by atoms with van der Waals surface area (Å²) in [6.07, 6.45) is 1.21. The van der Waals surface area contributed by atoms with Crippen LogP contribution in [0.4, 0.5) is 13.6 Å². The van der Waals surface area contributed by atoms with Crippen LogP contribution in [0.25, 0.3) is 0 Å². The largest absolute Gasteiger partial charge is 0.453 e. The van der Waals surface area contributed by atoms with Crippen molar-refractivity contribution in [2.75, 3.05) is 26.7 Å². The standard InChI is InChI=1S/C19H26F2N2O3/c1-4-13(11-22-19(25)26-3)18(24)23-9-7-14(8-10-23)15-6-5-12(2)16(20)17(15)21/h5-6,13-14H,4,7-11H2,1-3H3,(H,22,25). The maximum absolute atomic E-state index is 14.2. The zero-order valence-electron chi connectivity index (χ0n) is 15.5. The molecule has 1 heterocycles. The molecule has 0 aliphatic carbocycles. The second-order valence-electron chi connectivity index (χ2n) is 6.68. The monoisotopic (exact) mass is 368 g/mol. The third-order valence-corrected chi connectivity index (χ3v) is 5.07. The van der Waals surface area contributed by atoms with Crippen LogP contribution < -0.4 is 5.32 Å². The normalized spacial score (nSPS) is 16.3. The molecule has 0 spiro atoms. The van der Waals surface area contributed by atoms with Crippen molar-refractivity contribution in [3.05, 3.63) is 34.9 Å².